The highest BCUT2D eigenvalue weighted by atomic mass is 32.1. The fourth-order valence-corrected chi connectivity index (χ4v) is 3.71. The molecule has 0 radical (unpaired) electrons. The topological polar surface area (TPSA) is 37.1 Å². The van der Waals surface area contributed by atoms with Gasteiger partial charge in [-0.25, -0.2) is 14.0 Å². The first-order valence-electron chi connectivity index (χ1n) is 3.51. The van der Waals surface area contributed by atoms with Crippen LogP contribution >= 0.6 is 36.7 Å². The molecule has 0 saturated heterocycles. The fourth-order valence-electron chi connectivity index (χ4n) is 0.797. The summed E-state index contributed by atoms with van der Waals surface area (Å²) in [5.41, 5.74) is 0. The van der Waals surface area contributed by atoms with Crippen LogP contribution in [0.25, 0.3) is 0 Å². The molecule has 0 aromatic carbocycles. The number of hydrogen-bond donors (Lipinski definition) is 0. The lowest BCUT2D eigenvalue weighted by Crippen LogP contribution is -2.26. The van der Waals surface area contributed by atoms with Crippen molar-refractivity contribution in [2.75, 3.05) is 0 Å². The summed E-state index contributed by atoms with van der Waals surface area (Å²) in [6.07, 6.45) is 0.883. The van der Waals surface area contributed by atoms with E-state index in [1.807, 2.05) is 6.92 Å². The molecule has 0 aromatic heterocycles. The summed E-state index contributed by atoms with van der Waals surface area (Å²) in [4.78, 5) is 0. The van der Waals surface area contributed by atoms with E-state index in [0.29, 0.717) is 6.04 Å². The van der Waals surface area contributed by atoms with Gasteiger partial charge < -0.3 is 0 Å². The van der Waals surface area contributed by atoms with Crippen LogP contribution in [0.2, 0.25) is 6.04 Å². The first kappa shape index (κ1) is 12.6. The Morgan fingerprint density at radius 1 is 1.00 bits per heavy atom. The van der Waals surface area contributed by atoms with Crippen molar-refractivity contribution in [2.24, 2.45) is 14.0 Å². The standard InChI is InChI=1S/C6H7N3S3Si/c1-2-3-13(7-4-10,8-5-11)9-6-12/h2-3H2,1H3. The second-order valence-corrected chi connectivity index (χ2v) is 5.40. The van der Waals surface area contributed by atoms with Gasteiger partial charge in [-0.3, -0.25) is 0 Å². The molecular formula is C6H7N3S3Si. The second-order valence-electron chi connectivity index (χ2n) is 2.13. The highest BCUT2D eigenvalue weighted by molar-refractivity contribution is 7.78. The van der Waals surface area contributed by atoms with Crippen molar-refractivity contribution in [3.8, 4) is 0 Å². The van der Waals surface area contributed by atoms with Crippen LogP contribution in [0.5, 0.6) is 0 Å². The molecule has 13 heavy (non-hydrogen) atoms. The first-order valence-corrected chi connectivity index (χ1v) is 6.79. The maximum Gasteiger partial charge on any atom is 0.461 e. The molecule has 0 aromatic rings. The van der Waals surface area contributed by atoms with Crippen molar-refractivity contribution in [3.63, 3.8) is 0 Å². The maximum atomic E-state index is 4.52. The van der Waals surface area contributed by atoms with Gasteiger partial charge in [-0.05, 0) is 36.7 Å². The van der Waals surface area contributed by atoms with E-state index in [0.717, 1.165) is 6.42 Å². The predicted molar refractivity (Wildman–Crippen MR) is 65.9 cm³/mol. The maximum absolute atomic E-state index is 4.52. The Balaban J connectivity index is 5.12. The minimum Gasteiger partial charge on any atom is -0.221 e. The minimum absolute atomic E-state index is 0.698. The molecule has 0 aliphatic rings. The van der Waals surface area contributed by atoms with Gasteiger partial charge in [0.15, 0.2) is 0 Å². The third-order valence-corrected chi connectivity index (χ3v) is 4.60. The van der Waals surface area contributed by atoms with Crippen molar-refractivity contribution < 1.29 is 0 Å². The third-order valence-electron chi connectivity index (χ3n) is 1.26. The van der Waals surface area contributed by atoms with Gasteiger partial charge in [0.25, 0.3) is 0 Å². The molecule has 0 atom stereocenters. The summed E-state index contributed by atoms with van der Waals surface area (Å²) >= 11 is 13.6. The Kier molecular flexibility index (Phi) is 6.85. The van der Waals surface area contributed by atoms with Crippen molar-refractivity contribution in [2.45, 2.75) is 19.4 Å². The molecule has 0 aliphatic heterocycles. The zero-order valence-corrected chi connectivity index (χ0v) is 10.4. The Morgan fingerprint density at radius 2 is 1.38 bits per heavy atom. The number of hydrogen-bond acceptors (Lipinski definition) is 6. The van der Waals surface area contributed by atoms with Gasteiger partial charge >= 0.3 is 8.56 Å². The number of thiocarbonyl (C=S) groups is 3. The Labute approximate surface area is 93.9 Å². The average Bonchev–Trinajstić information content (AvgIpc) is 2.06. The summed E-state index contributed by atoms with van der Waals surface area (Å²) in [6.45, 7) is 2.00. The van der Waals surface area contributed by atoms with Crippen molar-refractivity contribution in [3.05, 3.63) is 0 Å². The van der Waals surface area contributed by atoms with Gasteiger partial charge in [0.2, 0.25) is 0 Å². The lowest BCUT2D eigenvalue weighted by Gasteiger charge is -2.09. The van der Waals surface area contributed by atoms with Gasteiger partial charge in [0.05, 0.1) is 15.5 Å². The average molecular weight is 245 g/mol. The van der Waals surface area contributed by atoms with Gasteiger partial charge in [-0.15, -0.1) is 0 Å². The van der Waals surface area contributed by atoms with E-state index < -0.39 is 8.56 Å². The van der Waals surface area contributed by atoms with Crippen LogP contribution in [-0.4, -0.2) is 24.0 Å². The number of nitrogens with zero attached hydrogens (tertiary/aromatic N) is 3. The number of isothiocyanates is 3. The van der Waals surface area contributed by atoms with Crippen molar-refractivity contribution >= 4 is 60.7 Å². The fraction of sp³-hybridized carbons (Fsp3) is 0.500. The van der Waals surface area contributed by atoms with E-state index in [1.165, 1.54) is 0 Å². The summed E-state index contributed by atoms with van der Waals surface area (Å²) in [5, 5.41) is 6.82. The van der Waals surface area contributed by atoms with E-state index >= 15 is 0 Å². The van der Waals surface area contributed by atoms with Crippen LogP contribution in [0.15, 0.2) is 14.0 Å². The van der Waals surface area contributed by atoms with Crippen LogP contribution in [0.3, 0.4) is 0 Å². The summed E-state index contributed by atoms with van der Waals surface area (Å²) in [6, 6.07) is 0.698. The Hall–Kier alpha value is -0.383. The molecule has 68 valence electrons. The highest BCUT2D eigenvalue weighted by Crippen LogP contribution is 2.15. The number of rotatable bonds is 5. The molecule has 0 N–H and O–H groups in total. The molecule has 0 saturated carbocycles. The van der Waals surface area contributed by atoms with Crippen LogP contribution in [0, 0.1) is 0 Å². The lowest BCUT2D eigenvalue weighted by atomic mass is 10.6. The Morgan fingerprint density at radius 3 is 1.62 bits per heavy atom. The monoisotopic (exact) mass is 245 g/mol. The van der Waals surface area contributed by atoms with Crippen LogP contribution in [0.1, 0.15) is 13.3 Å². The van der Waals surface area contributed by atoms with Gasteiger partial charge in [-0.1, -0.05) is 13.3 Å². The summed E-state index contributed by atoms with van der Waals surface area (Å²) in [5.74, 6) is 0. The minimum atomic E-state index is -2.57. The predicted octanol–water partition coefficient (Wildman–Crippen LogP) is 2.64. The molecule has 0 heterocycles. The molecule has 0 rings (SSSR count). The van der Waals surface area contributed by atoms with Crippen LogP contribution in [0.4, 0.5) is 0 Å². The molecule has 3 nitrogen and oxygen atoms in total. The Bertz CT molecular complexity index is 266. The quantitative estimate of drug-likeness (QED) is 0.424. The van der Waals surface area contributed by atoms with Crippen molar-refractivity contribution in [1.82, 2.24) is 0 Å². The molecule has 0 amide bonds. The van der Waals surface area contributed by atoms with Gasteiger partial charge in [0, 0.05) is 6.04 Å². The molecule has 7 heteroatoms. The molecule has 0 fully saturated rings. The van der Waals surface area contributed by atoms with Crippen LogP contribution in [-0.2, 0) is 0 Å². The summed E-state index contributed by atoms with van der Waals surface area (Å²) < 4.78 is 11.8. The highest BCUT2D eigenvalue weighted by Gasteiger charge is 2.32. The second kappa shape index (κ2) is 7.06. The van der Waals surface area contributed by atoms with E-state index in [9.17, 15) is 0 Å². The SMILES string of the molecule is CCC[Si](N=C=S)(N=C=S)N=C=S. The normalized spacial score (nSPS) is 12.7. The molecule has 0 aliphatic carbocycles. The van der Waals surface area contributed by atoms with Gasteiger partial charge in [-0.2, -0.15) is 0 Å². The molecule has 0 bridgehead atoms. The zero-order chi connectivity index (χ0) is 10.2. The largest absolute Gasteiger partial charge is 0.461 e. The first-order chi connectivity index (χ1) is 6.24. The smallest absolute Gasteiger partial charge is 0.221 e. The van der Waals surface area contributed by atoms with Gasteiger partial charge in [0.1, 0.15) is 0 Å². The zero-order valence-electron chi connectivity index (χ0n) is 6.98. The molecular weight excluding hydrogens is 238 g/mol. The third kappa shape index (κ3) is 4.41. The van der Waals surface area contributed by atoms with Crippen LogP contribution < -0.4 is 0 Å². The van der Waals surface area contributed by atoms with E-state index in [-0.39, 0.29) is 0 Å². The van der Waals surface area contributed by atoms with E-state index in [1.54, 1.807) is 0 Å². The lowest BCUT2D eigenvalue weighted by molar-refractivity contribution is 1.03. The molecule has 0 unspecified atom stereocenters. The van der Waals surface area contributed by atoms with E-state index in [4.69, 9.17) is 0 Å². The van der Waals surface area contributed by atoms with Crippen molar-refractivity contribution in [1.29, 1.82) is 0 Å². The summed E-state index contributed by atoms with van der Waals surface area (Å²) in [7, 11) is -2.57. The molecule has 0 spiro atoms. The van der Waals surface area contributed by atoms with E-state index in [2.05, 4.69) is 66.1 Å².